The summed E-state index contributed by atoms with van der Waals surface area (Å²) in [5.74, 6) is -1.09. The van der Waals surface area contributed by atoms with E-state index in [4.69, 9.17) is 0 Å². The van der Waals surface area contributed by atoms with E-state index in [0.29, 0.717) is 6.42 Å². The fraction of sp³-hybridized carbons (Fsp3) is 0.200. The standard InChI is InChI=1S/C10H10N2O2/c13-9-8(10(14)12-11-9)6-7-4-2-1-3-5-7/h1-5,8H,6H2,(H,11,13)(H,12,14). The predicted molar refractivity (Wildman–Crippen MR) is 49.9 cm³/mol. The van der Waals surface area contributed by atoms with E-state index in [2.05, 4.69) is 10.9 Å². The van der Waals surface area contributed by atoms with Crippen LogP contribution in [0.3, 0.4) is 0 Å². The van der Waals surface area contributed by atoms with Crippen LogP contribution >= 0.6 is 0 Å². The Hall–Kier alpha value is -1.84. The molecule has 0 aromatic heterocycles. The van der Waals surface area contributed by atoms with Gasteiger partial charge in [-0.2, -0.15) is 0 Å². The highest BCUT2D eigenvalue weighted by Crippen LogP contribution is 2.11. The molecule has 0 unspecified atom stereocenters. The lowest BCUT2D eigenvalue weighted by Crippen LogP contribution is -2.28. The Morgan fingerprint density at radius 3 is 2.14 bits per heavy atom. The summed E-state index contributed by atoms with van der Waals surface area (Å²) in [5, 5.41) is 0. The Bertz CT molecular complexity index is 346. The van der Waals surface area contributed by atoms with Crippen LogP contribution < -0.4 is 10.9 Å². The highest BCUT2D eigenvalue weighted by atomic mass is 16.2. The van der Waals surface area contributed by atoms with E-state index in [1.54, 1.807) is 0 Å². The van der Waals surface area contributed by atoms with Gasteiger partial charge < -0.3 is 0 Å². The van der Waals surface area contributed by atoms with Gasteiger partial charge in [-0.25, -0.2) is 0 Å². The van der Waals surface area contributed by atoms with Gasteiger partial charge in [-0.15, -0.1) is 0 Å². The van der Waals surface area contributed by atoms with Crippen molar-refractivity contribution >= 4 is 11.8 Å². The summed E-state index contributed by atoms with van der Waals surface area (Å²) in [4.78, 5) is 22.4. The van der Waals surface area contributed by atoms with E-state index < -0.39 is 5.92 Å². The van der Waals surface area contributed by atoms with E-state index in [9.17, 15) is 9.59 Å². The molecule has 1 aromatic rings. The van der Waals surface area contributed by atoms with Gasteiger partial charge in [0.2, 0.25) is 0 Å². The fourth-order valence-electron chi connectivity index (χ4n) is 1.45. The lowest BCUT2D eigenvalue weighted by Gasteiger charge is -2.03. The van der Waals surface area contributed by atoms with E-state index in [1.165, 1.54) is 0 Å². The zero-order valence-electron chi connectivity index (χ0n) is 7.49. The number of rotatable bonds is 2. The summed E-state index contributed by atoms with van der Waals surface area (Å²) in [6.45, 7) is 0. The van der Waals surface area contributed by atoms with Gasteiger partial charge in [-0.05, 0) is 12.0 Å². The van der Waals surface area contributed by atoms with Crippen LogP contribution in [0, 0.1) is 5.92 Å². The molecular formula is C10H10N2O2. The van der Waals surface area contributed by atoms with Crippen LogP contribution in [0.25, 0.3) is 0 Å². The smallest absolute Gasteiger partial charge is 0.251 e. The van der Waals surface area contributed by atoms with Crippen molar-refractivity contribution in [2.45, 2.75) is 6.42 Å². The second-order valence-corrected chi connectivity index (χ2v) is 3.22. The lowest BCUT2D eigenvalue weighted by atomic mass is 9.99. The van der Waals surface area contributed by atoms with Crippen LogP contribution in [0.4, 0.5) is 0 Å². The predicted octanol–water partition coefficient (Wildman–Crippen LogP) is 0.00630. The van der Waals surface area contributed by atoms with Crippen LogP contribution in [0.15, 0.2) is 30.3 Å². The van der Waals surface area contributed by atoms with Crippen molar-refractivity contribution in [1.29, 1.82) is 0 Å². The summed E-state index contributed by atoms with van der Waals surface area (Å²) >= 11 is 0. The number of carbonyl (C=O) groups is 2. The van der Waals surface area contributed by atoms with Crippen molar-refractivity contribution in [3.8, 4) is 0 Å². The van der Waals surface area contributed by atoms with Crippen molar-refractivity contribution in [3.05, 3.63) is 35.9 Å². The Balaban J connectivity index is 2.11. The van der Waals surface area contributed by atoms with Gasteiger partial charge in [0.15, 0.2) is 0 Å². The summed E-state index contributed by atoms with van der Waals surface area (Å²) in [5.41, 5.74) is 5.59. The zero-order valence-corrected chi connectivity index (χ0v) is 7.49. The number of nitrogens with one attached hydrogen (secondary N) is 2. The van der Waals surface area contributed by atoms with Crippen molar-refractivity contribution in [2.24, 2.45) is 5.92 Å². The fourth-order valence-corrected chi connectivity index (χ4v) is 1.45. The Labute approximate surface area is 81.3 Å². The van der Waals surface area contributed by atoms with Crippen molar-refractivity contribution in [2.75, 3.05) is 0 Å². The Kier molecular flexibility index (Phi) is 2.18. The largest absolute Gasteiger partial charge is 0.272 e. The number of hydrazine groups is 1. The molecule has 0 saturated carbocycles. The van der Waals surface area contributed by atoms with Gasteiger partial charge in [0.1, 0.15) is 5.92 Å². The summed E-state index contributed by atoms with van der Waals surface area (Å²) in [7, 11) is 0. The minimum Gasteiger partial charge on any atom is -0.272 e. The molecule has 1 aliphatic heterocycles. The maximum atomic E-state index is 11.2. The topological polar surface area (TPSA) is 58.2 Å². The SMILES string of the molecule is O=C1NNC(=O)C1Cc1ccccc1. The van der Waals surface area contributed by atoms with E-state index >= 15 is 0 Å². The maximum Gasteiger partial charge on any atom is 0.251 e. The molecule has 4 nitrogen and oxygen atoms in total. The van der Waals surface area contributed by atoms with Gasteiger partial charge in [0, 0.05) is 0 Å². The molecule has 1 heterocycles. The van der Waals surface area contributed by atoms with Crippen LogP contribution in [0.2, 0.25) is 0 Å². The highest BCUT2D eigenvalue weighted by molar-refractivity contribution is 6.05. The van der Waals surface area contributed by atoms with Crippen LogP contribution in [0.1, 0.15) is 5.56 Å². The first-order chi connectivity index (χ1) is 6.77. The molecule has 2 rings (SSSR count). The minimum atomic E-state index is -0.586. The number of benzene rings is 1. The molecule has 2 amide bonds. The van der Waals surface area contributed by atoms with Gasteiger partial charge in [0.05, 0.1) is 0 Å². The average Bonchev–Trinajstić information content (AvgIpc) is 2.51. The molecule has 0 atom stereocenters. The van der Waals surface area contributed by atoms with E-state index in [0.717, 1.165) is 5.56 Å². The first kappa shape index (κ1) is 8.74. The van der Waals surface area contributed by atoms with Crippen LogP contribution in [-0.4, -0.2) is 11.8 Å². The Morgan fingerprint density at radius 2 is 1.57 bits per heavy atom. The minimum absolute atomic E-state index is 0.251. The van der Waals surface area contributed by atoms with Gasteiger partial charge in [-0.3, -0.25) is 20.4 Å². The molecule has 2 N–H and O–H groups in total. The molecule has 4 heteroatoms. The van der Waals surface area contributed by atoms with E-state index in [-0.39, 0.29) is 11.8 Å². The molecule has 1 fully saturated rings. The van der Waals surface area contributed by atoms with Gasteiger partial charge in [0.25, 0.3) is 11.8 Å². The zero-order chi connectivity index (χ0) is 9.97. The molecule has 72 valence electrons. The third-order valence-electron chi connectivity index (χ3n) is 2.22. The van der Waals surface area contributed by atoms with E-state index in [1.807, 2.05) is 30.3 Å². The molecule has 0 radical (unpaired) electrons. The maximum absolute atomic E-state index is 11.2. The van der Waals surface area contributed by atoms with Crippen LogP contribution in [-0.2, 0) is 16.0 Å². The average molecular weight is 190 g/mol. The first-order valence-electron chi connectivity index (χ1n) is 4.41. The summed E-state index contributed by atoms with van der Waals surface area (Å²) in [6, 6.07) is 9.48. The number of carbonyl (C=O) groups excluding carboxylic acids is 2. The molecule has 14 heavy (non-hydrogen) atoms. The highest BCUT2D eigenvalue weighted by Gasteiger charge is 2.32. The van der Waals surface area contributed by atoms with Crippen LogP contribution in [0.5, 0.6) is 0 Å². The second kappa shape index (κ2) is 3.49. The molecule has 1 aliphatic rings. The first-order valence-corrected chi connectivity index (χ1v) is 4.41. The quantitative estimate of drug-likeness (QED) is 0.645. The number of hydrogen-bond acceptors (Lipinski definition) is 2. The molecule has 0 spiro atoms. The van der Waals surface area contributed by atoms with Crippen molar-refractivity contribution in [3.63, 3.8) is 0 Å². The third-order valence-corrected chi connectivity index (χ3v) is 2.22. The Morgan fingerprint density at radius 1 is 1.00 bits per heavy atom. The normalized spacial score (nSPS) is 16.6. The van der Waals surface area contributed by atoms with Gasteiger partial charge >= 0.3 is 0 Å². The molecule has 0 aliphatic carbocycles. The molecule has 0 bridgehead atoms. The van der Waals surface area contributed by atoms with Crippen molar-refractivity contribution in [1.82, 2.24) is 10.9 Å². The second-order valence-electron chi connectivity index (χ2n) is 3.22. The molecule has 1 saturated heterocycles. The number of hydrogen-bond donors (Lipinski definition) is 2. The lowest BCUT2D eigenvalue weighted by molar-refractivity contribution is -0.127. The van der Waals surface area contributed by atoms with Gasteiger partial charge in [-0.1, -0.05) is 30.3 Å². The third kappa shape index (κ3) is 1.59. The number of amides is 2. The molecular weight excluding hydrogens is 180 g/mol. The monoisotopic (exact) mass is 190 g/mol. The van der Waals surface area contributed by atoms with Crippen molar-refractivity contribution < 1.29 is 9.59 Å². The molecule has 1 aromatic carbocycles. The summed E-state index contributed by atoms with van der Waals surface area (Å²) in [6.07, 6.45) is 0.457. The summed E-state index contributed by atoms with van der Waals surface area (Å²) < 4.78 is 0.